The lowest BCUT2D eigenvalue weighted by atomic mass is 10.1. The highest BCUT2D eigenvalue weighted by molar-refractivity contribution is 5.93. The monoisotopic (exact) mass is 449 g/mol. The molecule has 0 aliphatic carbocycles. The number of hydrogen-bond donors (Lipinski definition) is 1. The second kappa shape index (κ2) is 10.9. The van der Waals surface area contributed by atoms with Crippen molar-refractivity contribution < 1.29 is 14.6 Å². The third-order valence-corrected chi connectivity index (χ3v) is 4.22. The molecule has 0 radical (unpaired) electrons. The van der Waals surface area contributed by atoms with E-state index in [9.17, 15) is 30.3 Å². The van der Waals surface area contributed by atoms with Crippen LogP contribution in [0.5, 0.6) is 0 Å². The molecule has 0 fully saturated rings. The van der Waals surface area contributed by atoms with E-state index >= 15 is 0 Å². The highest BCUT2D eigenvalue weighted by Crippen LogP contribution is 2.38. The van der Waals surface area contributed by atoms with Gasteiger partial charge in [0.2, 0.25) is 5.91 Å². The van der Waals surface area contributed by atoms with E-state index in [2.05, 4.69) is 28.7 Å². The molecule has 0 atom stereocenters. The molecule has 1 N–H and O–H groups in total. The number of carbonyl (C=O) groups is 1. The van der Waals surface area contributed by atoms with Gasteiger partial charge < -0.3 is 10.2 Å². The summed E-state index contributed by atoms with van der Waals surface area (Å²) in [5, 5.41) is 42.2. The maximum Gasteiger partial charge on any atom is 0.304 e. The molecule has 12 heteroatoms. The molecular weight excluding hydrogens is 430 g/mol. The van der Waals surface area contributed by atoms with Crippen molar-refractivity contribution in [3.05, 3.63) is 81.4 Å². The number of azo groups is 1. The molecule has 0 unspecified atom stereocenters. The number of carbonyl (C=O) groups excluding carboxylic acids is 1. The Labute approximate surface area is 188 Å². The van der Waals surface area contributed by atoms with Crippen molar-refractivity contribution in [1.29, 1.82) is 5.26 Å². The molecule has 0 aromatic heterocycles. The van der Waals surface area contributed by atoms with E-state index in [1.165, 1.54) is 13.0 Å². The summed E-state index contributed by atoms with van der Waals surface area (Å²) in [5.74, 6) is -0.387. The number of benzene rings is 2. The van der Waals surface area contributed by atoms with Crippen molar-refractivity contribution in [2.24, 2.45) is 10.2 Å². The zero-order valence-electron chi connectivity index (χ0n) is 17.6. The fourth-order valence-corrected chi connectivity index (χ4v) is 2.84. The van der Waals surface area contributed by atoms with Crippen molar-refractivity contribution in [3.8, 4) is 6.07 Å². The van der Waals surface area contributed by atoms with Gasteiger partial charge in [0.05, 0.1) is 27.2 Å². The molecule has 2 aromatic carbocycles. The van der Waals surface area contributed by atoms with Gasteiger partial charge in [-0.1, -0.05) is 12.2 Å². The summed E-state index contributed by atoms with van der Waals surface area (Å²) in [6.45, 7) is 9.74. The summed E-state index contributed by atoms with van der Waals surface area (Å²) in [4.78, 5) is 34.3. The first-order valence-electron chi connectivity index (χ1n) is 9.38. The van der Waals surface area contributed by atoms with Crippen molar-refractivity contribution in [1.82, 2.24) is 0 Å². The molecule has 0 bridgehead atoms. The predicted octanol–water partition coefficient (Wildman–Crippen LogP) is 4.93. The highest BCUT2D eigenvalue weighted by Gasteiger charge is 2.24. The minimum Gasteiger partial charge on any atom is -0.364 e. The number of rotatable bonds is 10. The summed E-state index contributed by atoms with van der Waals surface area (Å²) in [5.41, 5.74) is -1.05. The fraction of sp³-hybridized carbons (Fsp3) is 0.143. The Morgan fingerprint density at radius 1 is 1.15 bits per heavy atom. The summed E-state index contributed by atoms with van der Waals surface area (Å²) >= 11 is 0. The van der Waals surface area contributed by atoms with Crippen LogP contribution in [-0.2, 0) is 4.79 Å². The Morgan fingerprint density at radius 2 is 1.82 bits per heavy atom. The number of hydrogen-bond acceptors (Lipinski definition) is 9. The maximum atomic E-state index is 11.7. The second-order valence-corrected chi connectivity index (χ2v) is 6.55. The second-order valence-electron chi connectivity index (χ2n) is 6.55. The summed E-state index contributed by atoms with van der Waals surface area (Å²) in [6.07, 6.45) is 3.40. The lowest BCUT2D eigenvalue weighted by Crippen LogP contribution is -2.23. The van der Waals surface area contributed by atoms with E-state index in [1.807, 2.05) is 4.90 Å². The predicted molar refractivity (Wildman–Crippen MR) is 122 cm³/mol. The molecule has 0 saturated heterocycles. The van der Waals surface area contributed by atoms with Crippen LogP contribution in [0.15, 0.2) is 65.9 Å². The number of nitro benzene ring substituents is 2. The molecular formula is C21H19N7O5. The number of amides is 1. The van der Waals surface area contributed by atoms with Gasteiger partial charge >= 0.3 is 5.69 Å². The molecule has 33 heavy (non-hydrogen) atoms. The number of nitro groups is 2. The average Bonchev–Trinajstić information content (AvgIpc) is 2.76. The van der Waals surface area contributed by atoms with Crippen molar-refractivity contribution in [2.75, 3.05) is 23.3 Å². The van der Waals surface area contributed by atoms with E-state index in [-0.39, 0.29) is 22.8 Å². The van der Waals surface area contributed by atoms with E-state index in [1.54, 1.807) is 30.4 Å². The van der Waals surface area contributed by atoms with Crippen LogP contribution in [0.4, 0.5) is 34.1 Å². The van der Waals surface area contributed by atoms with E-state index < -0.39 is 26.9 Å². The highest BCUT2D eigenvalue weighted by atomic mass is 16.6. The minimum absolute atomic E-state index is 0.155. The van der Waals surface area contributed by atoms with E-state index in [0.29, 0.717) is 19.2 Å². The molecule has 2 aromatic rings. The molecule has 0 heterocycles. The minimum atomic E-state index is -0.886. The maximum absolute atomic E-state index is 11.7. The first-order chi connectivity index (χ1) is 15.7. The van der Waals surface area contributed by atoms with Gasteiger partial charge in [0.15, 0.2) is 5.69 Å². The SMILES string of the molecule is C=CCN(CC=C)c1ccc(N=Nc2c(C#N)cc([N+](=O)[O-])cc2[N+](=O)[O-])c(NC(C)=O)c1. The van der Waals surface area contributed by atoms with Crippen LogP contribution >= 0.6 is 0 Å². The van der Waals surface area contributed by atoms with Crippen LogP contribution in [0, 0.1) is 31.6 Å². The molecule has 0 spiro atoms. The van der Waals surface area contributed by atoms with Gasteiger partial charge in [-0.05, 0) is 18.2 Å². The number of nitrogens with zero attached hydrogens (tertiary/aromatic N) is 6. The van der Waals surface area contributed by atoms with Gasteiger partial charge in [-0.15, -0.1) is 23.4 Å². The van der Waals surface area contributed by atoms with Crippen LogP contribution in [0.2, 0.25) is 0 Å². The van der Waals surface area contributed by atoms with Crippen LogP contribution in [0.3, 0.4) is 0 Å². The van der Waals surface area contributed by atoms with E-state index in [4.69, 9.17) is 0 Å². The van der Waals surface area contributed by atoms with Gasteiger partial charge in [-0.3, -0.25) is 25.0 Å². The van der Waals surface area contributed by atoms with Gasteiger partial charge in [0.1, 0.15) is 11.8 Å². The van der Waals surface area contributed by atoms with Gasteiger partial charge in [-0.2, -0.15) is 5.26 Å². The summed E-state index contributed by atoms with van der Waals surface area (Å²) in [6, 6.07) is 8.11. The number of anilines is 2. The quantitative estimate of drug-likeness (QED) is 0.232. The Bertz CT molecular complexity index is 1190. The smallest absolute Gasteiger partial charge is 0.304 e. The normalized spacial score (nSPS) is 10.3. The van der Waals surface area contributed by atoms with Gasteiger partial charge in [0, 0.05) is 31.8 Å². The molecule has 12 nitrogen and oxygen atoms in total. The molecule has 1 amide bonds. The Morgan fingerprint density at radius 3 is 2.33 bits per heavy atom. The average molecular weight is 449 g/mol. The molecule has 0 aliphatic heterocycles. The molecule has 2 rings (SSSR count). The zero-order chi connectivity index (χ0) is 24.5. The first kappa shape index (κ1) is 24.4. The lowest BCUT2D eigenvalue weighted by Gasteiger charge is -2.22. The number of nitriles is 1. The zero-order valence-corrected chi connectivity index (χ0v) is 17.6. The molecule has 0 saturated carbocycles. The lowest BCUT2D eigenvalue weighted by molar-refractivity contribution is -0.393. The van der Waals surface area contributed by atoms with Crippen LogP contribution in [0.25, 0.3) is 0 Å². The Balaban J connectivity index is 2.61. The number of non-ortho nitro benzene ring substituents is 1. The first-order valence-corrected chi connectivity index (χ1v) is 9.38. The van der Waals surface area contributed by atoms with Crippen molar-refractivity contribution >= 4 is 40.0 Å². The van der Waals surface area contributed by atoms with Crippen molar-refractivity contribution in [3.63, 3.8) is 0 Å². The Hall–Kier alpha value is -4.92. The third kappa shape index (κ3) is 6.05. The standard InChI is InChI=1S/C21H19N7O5/c1-4-8-26(9-5-2)16-6-7-18(19(11-16)23-14(3)29)24-25-21-15(13-22)10-17(27(30)31)12-20(21)28(32)33/h4-7,10-12H,1-2,8-9H2,3H3,(H,23,29). The fourth-order valence-electron chi connectivity index (χ4n) is 2.84. The molecule has 0 aliphatic rings. The third-order valence-electron chi connectivity index (χ3n) is 4.22. The largest absolute Gasteiger partial charge is 0.364 e. The summed E-state index contributed by atoms with van der Waals surface area (Å²) in [7, 11) is 0. The van der Waals surface area contributed by atoms with Gasteiger partial charge in [0.25, 0.3) is 5.69 Å². The summed E-state index contributed by atoms with van der Waals surface area (Å²) < 4.78 is 0. The number of nitrogens with one attached hydrogen (secondary N) is 1. The molecule has 168 valence electrons. The van der Waals surface area contributed by atoms with E-state index in [0.717, 1.165) is 11.8 Å². The van der Waals surface area contributed by atoms with Crippen LogP contribution in [-0.4, -0.2) is 28.8 Å². The topological polar surface area (TPSA) is 167 Å². The van der Waals surface area contributed by atoms with Gasteiger partial charge in [-0.25, -0.2) is 0 Å². The van der Waals surface area contributed by atoms with Crippen LogP contribution < -0.4 is 10.2 Å². The Kier molecular flexibility index (Phi) is 8.05. The van der Waals surface area contributed by atoms with Crippen LogP contribution in [0.1, 0.15) is 12.5 Å². The van der Waals surface area contributed by atoms with Crippen molar-refractivity contribution in [2.45, 2.75) is 6.92 Å².